The summed E-state index contributed by atoms with van der Waals surface area (Å²) in [5, 5.41) is 7.92. The van der Waals surface area contributed by atoms with Crippen LogP contribution >= 0.6 is 12.2 Å². The molecule has 1 aromatic rings. The Morgan fingerprint density at radius 2 is 1.90 bits per heavy atom. The fourth-order valence-corrected chi connectivity index (χ4v) is 2.16. The van der Waals surface area contributed by atoms with E-state index in [0.717, 1.165) is 11.3 Å². The van der Waals surface area contributed by atoms with Gasteiger partial charge in [0, 0.05) is 6.42 Å². The number of halogens is 3. The third kappa shape index (κ3) is 5.11. The van der Waals surface area contributed by atoms with Crippen LogP contribution in [0.15, 0.2) is 0 Å². The summed E-state index contributed by atoms with van der Waals surface area (Å²) in [5.74, 6) is 0.110. The van der Waals surface area contributed by atoms with Gasteiger partial charge in [-0.15, -0.1) is 5.10 Å². The van der Waals surface area contributed by atoms with E-state index in [1.54, 1.807) is 0 Å². The average Bonchev–Trinajstić information content (AvgIpc) is 2.41. The molecule has 0 saturated heterocycles. The second-order valence-corrected chi connectivity index (χ2v) is 4.88. The van der Waals surface area contributed by atoms with Gasteiger partial charge in [0.05, 0.1) is 17.9 Å². The van der Waals surface area contributed by atoms with Crippen molar-refractivity contribution in [2.75, 3.05) is 6.61 Å². The second kappa shape index (κ2) is 7.53. The zero-order valence-electron chi connectivity index (χ0n) is 12.0. The first-order valence-electron chi connectivity index (χ1n) is 6.67. The van der Waals surface area contributed by atoms with E-state index in [9.17, 15) is 13.2 Å². The van der Waals surface area contributed by atoms with Crippen molar-refractivity contribution in [1.29, 1.82) is 0 Å². The number of hydrogen-bond donors (Lipinski definition) is 1. The van der Waals surface area contributed by atoms with Crippen molar-refractivity contribution < 1.29 is 17.9 Å². The molecule has 118 valence electrons. The quantitative estimate of drug-likeness (QED) is 0.618. The van der Waals surface area contributed by atoms with Gasteiger partial charge in [0.1, 0.15) is 4.99 Å². The van der Waals surface area contributed by atoms with E-state index < -0.39 is 12.6 Å². The van der Waals surface area contributed by atoms with E-state index in [-0.39, 0.29) is 23.9 Å². The van der Waals surface area contributed by atoms with Gasteiger partial charge in [-0.2, -0.15) is 18.3 Å². The normalized spacial score (nSPS) is 11.5. The molecule has 4 nitrogen and oxygen atoms in total. The Bertz CT molecular complexity index is 506. The molecule has 1 aromatic heterocycles. The molecule has 0 radical (unpaired) electrons. The van der Waals surface area contributed by atoms with Crippen molar-refractivity contribution in [1.82, 2.24) is 10.2 Å². The molecule has 0 bridgehead atoms. The molecule has 21 heavy (non-hydrogen) atoms. The Labute approximate surface area is 126 Å². The summed E-state index contributed by atoms with van der Waals surface area (Å²) < 4.78 is 41.5. The Morgan fingerprint density at radius 1 is 1.24 bits per heavy atom. The smallest absolute Gasteiger partial charge is 0.389 e. The fraction of sp³-hybridized carbons (Fsp3) is 0.615. The van der Waals surface area contributed by atoms with Gasteiger partial charge in [-0.25, -0.2) is 0 Å². The van der Waals surface area contributed by atoms with Crippen LogP contribution in [0.5, 0.6) is 5.88 Å². The van der Waals surface area contributed by atoms with Crippen LogP contribution in [-0.2, 0) is 12.8 Å². The summed E-state index contributed by atoms with van der Waals surface area (Å²) in [6.07, 6.45) is -3.94. The number of nitrogens with two attached hydrogens (primary N) is 1. The molecule has 0 aliphatic rings. The molecular weight excluding hydrogens is 303 g/mol. The first-order chi connectivity index (χ1) is 9.80. The van der Waals surface area contributed by atoms with Crippen molar-refractivity contribution in [3.05, 3.63) is 16.8 Å². The van der Waals surface area contributed by atoms with E-state index in [4.69, 9.17) is 22.7 Å². The molecule has 0 fully saturated rings. The molecule has 0 aliphatic heterocycles. The largest absolute Gasteiger partial charge is 0.476 e. The second-order valence-electron chi connectivity index (χ2n) is 4.44. The van der Waals surface area contributed by atoms with Gasteiger partial charge in [-0.05, 0) is 24.8 Å². The fourth-order valence-electron chi connectivity index (χ4n) is 1.95. The lowest BCUT2D eigenvalue weighted by Crippen LogP contribution is -2.19. The van der Waals surface area contributed by atoms with Crippen LogP contribution in [0, 0.1) is 0 Å². The highest BCUT2D eigenvalue weighted by atomic mass is 32.1. The standard InChI is InChI=1S/C13H18F3N3OS/c1-3-8-9(4-2)18-19-12(10(8)11(17)21)20-7-5-6-13(14,15)16/h3-7H2,1-2H3,(H2,17,21). The first-order valence-corrected chi connectivity index (χ1v) is 7.08. The number of aryl methyl sites for hydroxylation is 1. The minimum atomic E-state index is -4.19. The zero-order chi connectivity index (χ0) is 16.0. The maximum absolute atomic E-state index is 12.1. The van der Waals surface area contributed by atoms with Crippen LogP contribution in [0.1, 0.15) is 43.5 Å². The van der Waals surface area contributed by atoms with Crippen LogP contribution < -0.4 is 10.5 Å². The maximum Gasteiger partial charge on any atom is 0.389 e. The topological polar surface area (TPSA) is 61.0 Å². The molecule has 1 rings (SSSR count). The highest BCUT2D eigenvalue weighted by Crippen LogP contribution is 2.24. The summed E-state index contributed by atoms with van der Waals surface area (Å²) in [5.41, 5.74) is 7.78. The van der Waals surface area contributed by atoms with E-state index in [1.807, 2.05) is 13.8 Å². The average molecular weight is 321 g/mol. The Kier molecular flexibility index (Phi) is 6.32. The van der Waals surface area contributed by atoms with Crippen molar-refractivity contribution in [3.63, 3.8) is 0 Å². The lowest BCUT2D eigenvalue weighted by atomic mass is 10.0. The van der Waals surface area contributed by atoms with Crippen LogP contribution in [0.25, 0.3) is 0 Å². The van der Waals surface area contributed by atoms with Gasteiger partial charge in [-0.3, -0.25) is 0 Å². The number of ether oxygens (including phenoxy) is 1. The van der Waals surface area contributed by atoms with Crippen molar-refractivity contribution in [2.24, 2.45) is 5.73 Å². The maximum atomic E-state index is 12.1. The molecule has 0 atom stereocenters. The van der Waals surface area contributed by atoms with Crippen LogP contribution in [-0.4, -0.2) is 28.0 Å². The number of alkyl halides is 3. The lowest BCUT2D eigenvalue weighted by molar-refractivity contribution is -0.136. The molecule has 0 amide bonds. The Morgan fingerprint density at radius 3 is 2.38 bits per heavy atom. The highest BCUT2D eigenvalue weighted by molar-refractivity contribution is 7.80. The van der Waals surface area contributed by atoms with Crippen LogP contribution in [0.3, 0.4) is 0 Å². The third-order valence-corrected chi connectivity index (χ3v) is 3.11. The number of rotatable bonds is 7. The van der Waals surface area contributed by atoms with E-state index >= 15 is 0 Å². The summed E-state index contributed by atoms with van der Waals surface area (Å²) in [6, 6.07) is 0. The van der Waals surface area contributed by atoms with Gasteiger partial charge < -0.3 is 10.5 Å². The van der Waals surface area contributed by atoms with Crippen LogP contribution in [0.4, 0.5) is 13.2 Å². The number of thiocarbonyl (C=S) groups is 1. The Hall–Kier alpha value is -1.44. The number of aromatic nitrogens is 2. The molecule has 0 aliphatic carbocycles. The lowest BCUT2D eigenvalue weighted by Gasteiger charge is -2.15. The minimum absolute atomic E-state index is 0.110. The number of nitrogens with zero attached hydrogens (tertiary/aromatic N) is 2. The predicted octanol–water partition coefficient (Wildman–Crippen LogP) is 2.96. The summed E-state index contributed by atoms with van der Waals surface area (Å²) >= 11 is 5.00. The van der Waals surface area contributed by atoms with Gasteiger partial charge in [0.2, 0.25) is 5.88 Å². The van der Waals surface area contributed by atoms with Gasteiger partial charge in [-0.1, -0.05) is 26.1 Å². The van der Waals surface area contributed by atoms with E-state index in [1.165, 1.54) is 0 Å². The molecule has 2 N–H and O–H groups in total. The Balaban J connectivity index is 2.89. The molecule has 0 aromatic carbocycles. The molecular formula is C13H18F3N3OS. The molecule has 8 heteroatoms. The summed E-state index contributed by atoms with van der Waals surface area (Å²) in [4.78, 5) is 0.113. The third-order valence-electron chi connectivity index (χ3n) is 2.90. The number of hydrogen-bond acceptors (Lipinski definition) is 4. The molecule has 0 saturated carbocycles. The van der Waals surface area contributed by atoms with E-state index in [2.05, 4.69) is 10.2 Å². The predicted molar refractivity (Wildman–Crippen MR) is 77.5 cm³/mol. The van der Waals surface area contributed by atoms with Gasteiger partial charge in [0.15, 0.2) is 0 Å². The van der Waals surface area contributed by atoms with Crippen LogP contribution in [0.2, 0.25) is 0 Å². The molecule has 0 spiro atoms. The monoisotopic (exact) mass is 321 g/mol. The van der Waals surface area contributed by atoms with Crippen molar-refractivity contribution in [2.45, 2.75) is 45.7 Å². The van der Waals surface area contributed by atoms with E-state index in [0.29, 0.717) is 18.4 Å². The van der Waals surface area contributed by atoms with Crippen molar-refractivity contribution in [3.8, 4) is 5.88 Å². The van der Waals surface area contributed by atoms with Crippen molar-refractivity contribution >= 4 is 17.2 Å². The summed E-state index contributed by atoms with van der Waals surface area (Å²) in [6.45, 7) is 3.74. The minimum Gasteiger partial charge on any atom is -0.476 e. The first kappa shape index (κ1) is 17.6. The molecule has 1 heterocycles. The van der Waals surface area contributed by atoms with Gasteiger partial charge in [0.25, 0.3) is 0 Å². The highest BCUT2D eigenvalue weighted by Gasteiger charge is 2.26. The SMILES string of the molecule is CCc1nnc(OCCCC(F)(F)F)c(C(N)=S)c1CC. The van der Waals surface area contributed by atoms with Gasteiger partial charge >= 0.3 is 6.18 Å². The molecule has 0 unspecified atom stereocenters. The summed E-state index contributed by atoms with van der Waals surface area (Å²) in [7, 11) is 0. The zero-order valence-corrected chi connectivity index (χ0v) is 12.8.